The highest BCUT2D eigenvalue weighted by molar-refractivity contribution is 7.87. The van der Waals surface area contributed by atoms with Crippen LogP contribution in [0.15, 0.2) is 18.2 Å². The number of fused-ring (bicyclic) bond motifs is 1. The third-order valence-electron chi connectivity index (χ3n) is 3.32. The molecule has 0 spiro atoms. The number of para-hydroxylation sites is 1. The van der Waals surface area contributed by atoms with Gasteiger partial charge in [0.05, 0.1) is 0 Å². The van der Waals surface area contributed by atoms with Gasteiger partial charge < -0.3 is 5.32 Å². The molecule has 1 aromatic rings. The highest BCUT2D eigenvalue weighted by Crippen LogP contribution is 2.26. The number of aryl methyl sites for hydroxylation is 1. The van der Waals surface area contributed by atoms with Crippen LogP contribution in [-0.2, 0) is 23.1 Å². The van der Waals surface area contributed by atoms with E-state index < -0.39 is 10.2 Å². The average Bonchev–Trinajstić information content (AvgIpc) is 2.38. The van der Waals surface area contributed by atoms with Crippen LogP contribution in [0.3, 0.4) is 0 Å². The summed E-state index contributed by atoms with van der Waals surface area (Å²) in [5, 5.41) is 3.41. The van der Waals surface area contributed by atoms with Gasteiger partial charge in [-0.25, -0.2) is 4.72 Å². The maximum Gasteiger partial charge on any atom is 0.278 e. The summed E-state index contributed by atoms with van der Waals surface area (Å²) < 4.78 is 27.0. The van der Waals surface area contributed by atoms with Crippen LogP contribution in [0.4, 0.5) is 5.69 Å². The summed E-state index contributed by atoms with van der Waals surface area (Å²) >= 11 is 0. The molecule has 0 unspecified atom stereocenters. The molecule has 1 aliphatic heterocycles. The molecule has 0 atom stereocenters. The van der Waals surface area contributed by atoms with Gasteiger partial charge in [0.2, 0.25) is 0 Å². The second kappa shape index (κ2) is 5.90. The zero-order valence-electron chi connectivity index (χ0n) is 11.4. The van der Waals surface area contributed by atoms with Gasteiger partial charge in [0.15, 0.2) is 0 Å². The van der Waals surface area contributed by atoms with Crippen LogP contribution in [0, 0.1) is 0 Å². The molecular weight excluding hydrogens is 262 g/mol. The maximum absolute atomic E-state index is 11.6. The van der Waals surface area contributed by atoms with Crippen molar-refractivity contribution in [3.63, 3.8) is 0 Å². The number of anilines is 1. The van der Waals surface area contributed by atoms with Crippen molar-refractivity contribution < 1.29 is 8.42 Å². The molecule has 2 N–H and O–H groups in total. The Kier molecular flexibility index (Phi) is 4.44. The fraction of sp³-hybridized carbons (Fsp3) is 0.538. The predicted molar refractivity (Wildman–Crippen MR) is 77.6 cm³/mol. The van der Waals surface area contributed by atoms with Gasteiger partial charge >= 0.3 is 0 Å². The Hall–Kier alpha value is -1.11. The van der Waals surface area contributed by atoms with Crippen LogP contribution < -0.4 is 10.0 Å². The summed E-state index contributed by atoms with van der Waals surface area (Å²) in [7, 11) is -0.283. The zero-order chi connectivity index (χ0) is 13.9. The van der Waals surface area contributed by atoms with Gasteiger partial charge in [-0.3, -0.25) is 0 Å². The molecule has 0 saturated heterocycles. The lowest BCUT2D eigenvalue weighted by Gasteiger charge is -2.21. The molecule has 0 aromatic heterocycles. The lowest BCUT2D eigenvalue weighted by atomic mass is 9.98. The molecule has 0 amide bonds. The van der Waals surface area contributed by atoms with Crippen LogP contribution in [0.5, 0.6) is 0 Å². The standard InChI is InChI=1S/C13H21N3O2S/c1-16(2)19(17,18)15-10-8-12-6-3-5-11-7-4-9-14-13(11)12/h3,5-6,14-15H,4,7-10H2,1-2H3. The zero-order valence-corrected chi connectivity index (χ0v) is 12.3. The van der Waals surface area contributed by atoms with E-state index in [1.807, 2.05) is 6.07 Å². The summed E-state index contributed by atoms with van der Waals surface area (Å²) in [4.78, 5) is 0. The molecule has 0 radical (unpaired) electrons. The highest BCUT2D eigenvalue weighted by Gasteiger charge is 2.14. The first-order chi connectivity index (χ1) is 9.00. The van der Waals surface area contributed by atoms with Crippen LogP contribution >= 0.6 is 0 Å². The number of rotatable bonds is 5. The topological polar surface area (TPSA) is 61.4 Å². The van der Waals surface area contributed by atoms with Gasteiger partial charge in [0.1, 0.15) is 0 Å². The Bertz CT molecular complexity index is 541. The van der Waals surface area contributed by atoms with Gasteiger partial charge in [-0.15, -0.1) is 0 Å². The number of hydrogen-bond donors (Lipinski definition) is 2. The van der Waals surface area contributed by atoms with Crippen LogP contribution in [0.25, 0.3) is 0 Å². The molecule has 0 aliphatic carbocycles. The Morgan fingerprint density at radius 1 is 1.37 bits per heavy atom. The second-order valence-corrected chi connectivity index (χ2v) is 6.88. The molecule has 1 aliphatic rings. The summed E-state index contributed by atoms with van der Waals surface area (Å²) in [6, 6.07) is 6.23. The molecule has 2 rings (SSSR count). The average molecular weight is 283 g/mol. The smallest absolute Gasteiger partial charge is 0.278 e. The second-order valence-electron chi connectivity index (χ2n) is 4.91. The first kappa shape index (κ1) is 14.3. The lowest BCUT2D eigenvalue weighted by molar-refractivity contribution is 0.506. The number of nitrogens with zero attached hydrogens (tertiary/aromatic N) is 1. The Balaban J connectivity index is 2.01. The first-order valence-corrected chi connectivity index (χ1v) is 7.96. The van der Waals surface area contributed by atoms with Crippen molar-refractivity contribution in [1.29, 1.82) is 0 Å². The summed E-state index contributed by atoms with van der Waals surface area (Å²) in [5.41, 5.74) is 3.70. The van der Waals surface area contributed by atoms with E-state index in [1.165, 1.54) is 35.2 Å². The van der Waals surface area contributed by atoms with E-state index >= 15 is 0 Å². The Labute approximate surface area is 115 Å². The van der Waals surface area contributed by atoms with Crippen LogP contribution in [-0.4, -0.2) is 39.9 Å². The molecule has 106 valence electrons. The molecule has 0 bridgehead atoms. The Morgan fingerprint density at radius 3 is 2.89 bits per heavy atom. The van der Waals surface area contributed by atoms with Crippen molar-refractivity contribution in [3.8, 4) is 0 Å². The van der Waals surface area contributed by atoms with Crippen LogP contribution in [0.2, 0.25) is 0 Å². The number of benzene rings is 1. The number of hydrogen-bond acceptors (Lipinski definition) is 3. The maximum atomic E-state index is 11.6. The van der Waals surface area contributed by atoms with Gasteiger partial charge in [-0.05, 0) is 30.4 Å². The molecule has 1 heterocycles. The summed E-state index contributed by atoms with van der Waals surface area (Å²) in [6.07, 6.45) is 2.95. The van der Waals surface area contributed by atoms with Gasteiger partial charge in [0, 0.05) is 32.9 Å². The minimum absolute atomic E-state index is 0.415. The van der Waals surface area contributed by atoms with E-state index in [-0.39, 0.29) is 0 Å². The van der Waals surface area contributed by atoms with Crippen molar-refractivity contribution in [2.75, 3.05) is 32.5 Å². The fourth-order valence-corrected chi connectivity index (χ4v) is 2.85. The van der Waals surface area contributed by atoms with Gasteiger partial charge in [-0.2, -0.15) is 12.7 Å². The highest BCUT2D eigenvalue weighted by atomic mass is 32.2. The van der Waals surface area contributed by atoms with E-state index in [9.17, 15) is 8.42 Å². The third-order valence-corrected chi connectivity index (χ3v) is 4.85. The molecule has 0 saturated carbocycles. The third kappa shape index (κ3) is 3.46. The molecule has 5 nitrogen and oxygen atoms in total. The van der Waals surface area contributed by atoms with Gasteiger partial charge in [-0.1, -0.05) is 18.2 Å². The van der Waals surface area contributed by atoms with E-state index in [1.54, 1.807) is 0 Å². The van der Waals surface area contributed by atoms with Crippen molar-refractivity contribution in [2.24, 2.45) is 0 Å². The minimum atomic E-state index is -3.33. The van der Waals surface area contributed by atoms with Crippen LogP contribution in [0.1, 0.15) is 17.5 Å². The van der Waals surface area contributed by atoms with E-state index in [0.29, 0.717) is 13.0 Å². The first-order valence-electron chi connectivity index (χ1n) is 6.52. The van der Waals surface area contributed by atoms with Crippen molar-refractivity contribution in [3.05, 3.63) is 29.3 Å². The minimum Gasteiger partial charge on any atom is -0.385 e. The quantitative estimate of drug-likeness (QED) is 0.847. The van der Waals surface area contributed by atoms with E-state index in [2.05, 4.69) is 22.2 Å². The lowest BCUT2D eigenvalue weighted by Crippen LogP contribution is -2.36. The predicted octanol–water partition coefficient (Wildman–Crippen LogP) is 0.983. The molecule has 0 fully saturated rings. The van der Waals surface area contributed by atoms with Crippen molar-refractivity contribution in [1.82, 2.24) is 9.03 Å². The van der Waals surface area contributed by atoms with Gasteiger partial charge in [0.25, 0.3) is 10.2 Å². The SMILES string of the molecule is CN(C)S(=O)(=O)NCCc1cccc2c1NCCC2. The number of nitrogens with one attached hydrogen (secondary N) is 2. The molecule has 19 heavy (non-hydrogen) atoms. The molecule has 6 heteroatoms. The summed E-state index contributed by atoms with van der Waals surface area (Å²) in [5.74, 6) is 0. The van der Waals surface area contributed by atoms with E-state index in [4.69, 9.17) is 0 Å². The Morgan fingerprint density at radius 2 is 2.16 bits per heavy atom. The molecular formula is C13H21N3O2S. The van der Waals surface area contributed by atoms with Crippen molar-refractivity contribution in [2.45, 2.75) is 19.3 Å². The monoisotopic (exact) mass is 283 g/mol. The van der Waals surface area contributed by atoms with E-state index in [0.717, 1.165) is 19.4 Å². The summed E-state index contributed by atoms with van der Waals surface area (Å²) in [6.45, 7) is 1.41. The largest absolute Gasteiger partial charge is 0.385 e. The normalized spacial score (nSPS) is 15.1. The fourth-order valence-electron chi connectivity index (χ4n) is 2.23. The molecule has 1 aromatic carbocycles. The van der Waals surface area contributed by atoms with Crippen molar-refractivity contribution >= 4 is 15.9 Å².